The molecule has 0 amide bonds. The number of phenolic OH excluding ortho intramolecular Hbond substituents is 1. The predicted molar refractivity (Wildman–Crippen MR) is 190 cm³/mol. The number of allylic oxidation sites excluding steroid dienone is 1. The Morgan fingerprint density at radius 3 is 1.42 bits per heavy atom. The van der Waals surface area contributed by atoms with E-state index in [1.165, 1.54) is 0 Å². The molecule has 240 valence electrons. The Balaban J connectivity index is 1.20. The van der Waals surface area contributed by atoms with Gasteiger partial charge in [-0.05, 0) is 46.4 Å². The van der Waals surface area contributed by atoms with E-state index in [0.29, 0.717) is 61.4 Å². The van der Waals surface area contributed by atoms with Crippen molar-refractivity contribution in [3.63, 3.8) is 0 Å². The Kier molecular flexibility index (Phi) is 11.1. The van der Waals surface area contributed by atoms with Crippen LogP contribution in [0.1, 0.15) is 33.4 Å². The quantitative estimate of drug-likeness (QED) is 0.122. The largest absolute Gasteiger partial charge is 0.507 e. The molecule has 0 aromatic heterocycles. The van der Waals surface area contributed by atoms with Crippen molar-refractivity contribution in [3.05, 3.63) is 191 Å². The van der Waals surface area contributed by atoms with E-state index in [0.717, 1.165) is 27.8 Å². The number of phenols is 1. The molecule has 0 heterocycles. The van der Waals surface area contributed by atoms with Gasteiger partial charge in [-0.25, -0.2) is 0 Å². The molecule has 0 atom stereocenters. The van der Waals surface area contributed by atoms with Crippen LogP contribution in [0.25, 0.3) is 6.08 Å². The lowest BCUT2D eigenvalue weighted by Gasteiger charge is -2.15. The summed E-state index contributed by atoms with van der Waals surface area (Å²) in [5.74, 6) is 2.56. The normalized spacial score (nSPS) is 10.9. The zero-order chi connectivity index (χ0) is 32.8. The van der Waals surface area contributed by atoms with Gasteiger partial charge in [0, 0.05) is 17.7 Å². The highest BCUT2D eigenvalue weighted by Gasteiger charge is 2.13. The number of hydrogen-bond acceptors (Lipinski definition) is 5. The first-order valence-electron chi connectivity index (χ1n) is 16.0. The van der Waals surface area contributed by atoms with Gasteiger partial charge in [0.2, 0.25) is 0 Å². The SMILES string of the molecule is Oc1cc(OCc2ccccc2)cc(OCc2ccccc2)c1C/C=C/c1ccc(OCc2ccccc2)c(OCc2ccccc2)c1. The average Bonchev–Trinajstić information content (AvgIpc) is 3.14. The predicted octanol–water partition coefficient (Wildman–Crippen LogP) is 9.96. The molecule has 6 aromatic carbocycles. The van der Waals surface area contributed by atoms with Crippen LogP contribution in [0, 0.1) is 0 Å². The fourth-order valence-corrected chi connectivity index (χ4v) is 5.14. The Labute approximate surface area is 282 Å². The van der Waals surface area contributed by atoms with Crippen molar-refractivity contribution >= 4 is 6.08 Å². The zero-order valence-corrected chi connectivity index (χ0v) is 26.7. The summed E-state index contributed by atoms with van der Waals surface area (Å²) in [6, 6.07) is 49.5. The molecule has 0 saturated heterocycles. The molecule has 0 radical (unpaired) electrons. The van der Waals surface area contributed by atoms with Crippen molar-refractivity contribution in [1.82, 2.24) is 0 Å². The van der Waals surface area contributed by atoms with Crippen LogP contribution in [0.4, 0.5) is 0 Å². The molecular formula is C43H38O5. The first kappa shape index (κ1) is 32.0. The lowest BCUT2D eigenvalue weighted by Crippen LogP contribution is -2.01. The summed E-state index contributed by atoms with van der Waals surface area (Å²) in [7, 11) is 0. The van der Waals surface area contributed by atoms with E-state index >= 15 is 0 Å². The number of ether oxygens (including phenoxy) is 4. The highest BCUT2D eigenvalue weighted by atomic mass is 16.5. The molecule has 0 spiro atoms. The second kappa shape index (κ2) is 16.6. The van der Waals surface area contributed by atoms with E-state index in [1.807, 2.05) is 158 Å². The van der Waals surface area contributed by atoms with Crippen molar-refractivity contribution in [2.45, 2.75) is 32.8 Å². The molecule has 0 unspecified atom stereocenters. The average molecular weight is 635 g/mol. The molecule has 0 saturated carbocycles. The Morgan fingerprint density at radius 1 is 0.438 bits per heavy atom. The van der Waals surface area contributed by atoms with E-state index < -0.39 is 0 Å². The Hall–Kier alpha value is -5.94. The zero-order valence-electron chi connectivity index (χ0n) is 26.7. The highest BCUT2D eigenvalue weighted by Crippen LogP contribution is 2.36. The molecule has 1 N–H and O–H groups in total. The second-order valence-electron chi connectivity index (χ2n) is 11.3. The molecular weight excluding hydrogens is 596 g/mol. The monoisotopic (exact) mass is 634 g/mol. The minimum Gasteiger partial charge on any atom is -0.507 e. The molecule has 5 heteroatoms. The van der Waals surface area contributed by atoms with Crippen molar-refractivity contribution in [1.29, 1.82) is 0 Å². The fourth-order valence-electron chi connectivity index (χ4n) is 5.14. The van der Waals surface area contributed by atoms with Crippen LogP contribution in [-0.4, -0.2) is 5.11 Å². The number of aromatic hydroxyl groups is 1. The van der Waals surface area contributed by atoms with Gasteiger partial charge in [0.15, 0.2) is 11.5 Å². The summed E-state index contributed by atoms with van der Waals surface area (Å²) in [5, 5.41) is 11.1. The molecule has 0 aliphatic rings. The lowest BCUT2D eigenvalue weighted by molar-refractivity contribution is 0.256. The van der Waals surface area contributed by atoms with Gasteiger partial charge < -0.3 is 24.1 Å². The molecule has 0 aliphatic heterocycles. The van der Waals surface area contributed by atoms with Crippen LogP contribution < -0.4 is 18.9 Å². The van der Waals surface area contributed by atoms with Crippen LogP contribution >= 0.6 is 0 Å². The van der Waals surface area contributed by atoms with Crippen molar-refractivity contribution in [2.75, 3.05) is 0 Å². The van der Waals surface area contributed by atoms with Gasteiger partial charge in [-0.15, -0.1) is 0 Å². The fraction of sp³-hybridized carbons (Fsp3) is 0.116. The van der Waals surface area contributed by atoms with E-state index in [-0.39, 0.29) is 5.75 Å². The third-order valence-electron chi connectivity index (χ3n) is 7.72. The number of rotatable bonds is 15. The van der Waals surface area contributed by atoms with Crippen LogP contribution in [0.3, 0.4) is 0 Å². The summed E-state index contributed by atoms with van der Waals surface area (Å²) in [6.07, 6.45) is 4.47. The van der Waals surface area contributed by atoms with E-state index in [9.17, 15) is 5.11 Å². The Morgan fingerprint density at radius 2 is 0.896 bits per heavy atom. The minimum absolute atomic E-state index is 0.116. The summed E-state index contributed by atoms with van der Waals surface area (Å²) >= 11 is 0. The molecule has 6 aromatic rings. The summed E-state index contributed by atoms with van der Waals surface area (Å²) in [4.78, 5) is 0. The van der Waals surface area contributed by atoms with E-state index in [4.69, 9.17) is 18.9 Å². The molecule has 48 heavy (non-hydrogen) atoms. The van der Waals surface area contributed by atoms with Gasteiger partial charge in [0.25, 0.3) is 0 Å². The molecule has 5 nitrogen and oxygen atoms in total. The summed E-state index contributed by atoms with van der Waals surface area (Å²) in [6.45, 7) is 1.61. The highest BCUT2D eigenvalue weighted by molar-refractivity contribution is 5.58. The standard InChI is InChI=1S/C43H38O5/c44-40-27-38(45-29-34-14-5-1-6-15-34)28-42(47-31-36-18-9-3-10-19-36)39(40)23-13-22-33-24-25-41(46-30-35-16-7-2-8-17-35)43(26-33)48-32-37-20-11-4-12-21-37/h1-22,24-28,44H,23,29-32H2/b22-13+. The van der Waals surface area contributed by atoms with Gasteiger partial charge in [-0.1, -0.05) is 140 Å². The maximum absolute atomic E-state index is 11.1. The van der Waals surface area contributed by atoms with E-state index in [1.54, 1.807) is 6.07 Å². The van der Waals surface area contributed by atoms with Crippen LogP contribution in [0.2, 0.25) is 0 Å². The van der Waals surface area contributed by atoms with Gasteiger partial charge in [-0.2, -0.15) is 0 Å². The van der Waals surface area contributed by atoms with Crippen molar-refractivity contribution in [3.8, 4) is 28.7 Å². The second-order valence-corrected chi connectivity index (χ2v) is 11.3. The van der Waals surface area contributed by atoms with Gasteiger partial charge >= 0.3 is 0 Å². The first-order chi connectivity index (χ1) is 23.7. The molecule has 6 rings (SSSR count). The van der Waals surface area contributed by atoms with Gasteiger partial charge in [0.05, 0.1) is 0 Å². The number of hydrogen-bond donors (Lipinski definition) is 1. The van der Waals surface area contributed by atoms with Crippen molar-refractivity contribution < 1.29 is 24.1 Å². The van der Waals surface area contributed by atoms with Gasteiger partial charge in [0.1, 0.15) is 43.7 Å². The summed E-state index contributed by atoms with van der Waals surface area (Å²) in [5.41, 5.74) is 5.85. The molecule has 0 aliphatic carbocycles. The minimum atomic E-state index is 0.116. The van der Waals surface area contributed by atoms with Gasteiger partial charge in [-0.3, -0.25) is 0 Å². The third kappa shape index (κ3) is 9.30. The summed E-state index contributed by atoms with van der Waals surface area (Å²) < 4.78 is 24.7. The molecule has 0 bridgehead atoms. The maximum Gasteiger partial charge on any atom is 0.162 e. The number of benzene rings is 6. The lowest BCUT2D eigenvalue weighted by atomic mass is 10.1. The van der Waals surface area contributed by atoms with Crippen LogP contribution in [-0.2, 0) is 32.8 Å². The molecule has 0 fully saturated rings. The van der Waals surface area contributed by atoms with Crippen LogP contribution in [0.5, 0.6) is 28.7 Å². The Bertz CT molecular complexity index is 1890. The van der Waals surface area contributed by atoms with Crippen LogP contribution in [0.15, 0.2) is 158 Å². The topological polar surface area (TPSA) is 57.2 Å². The third-order valence-corrected chi connectivity index (χ3v) is 7.72. The first-order valence-corrected chi connectivity index (χ1v) is 16.0. The smallest absolute Gasteiger partial charge is 0.162 e. The maximum atomic E-state index is 11.1. The van der Waals surface area contributed by atoms with Crippen molar-refractivity contribution in [2.24, 2.45) is 0 Å². The van der Waals surface area contributed by atoms with E-state index in [2.05, 4.69) is 0 Å².